The van der Waals surface area contributed by atoms with Gasteiger partial charge in [-0.15, -0.1) is 0 Å². The van der Waals surface area contributed by atoms with Crippen LogP contribution in [0.3, 0.4) is 0 Å². The van der Waals surface area contributed by atoms with E-state index in [0.717, 1.165) is 18.4 Å². The van der Waals surface area contributed by atoms with E-state index in [1.54, 1.807) is 4.90 Å². The lowest BCUT2D eigenvalue weighted by Gasteiger charge is -2.26. The fourth-order valence-corrected chi connectivity index (χ4v) is 2.13. The van der Waals surface area contributed by atoms with Crippen LogP contribution in [-0.4, -0.2) is 35.8 Å². The number of carbonyl (C=O) groups excluding carboxylic acids is 2. The summed E-state index contributed by atoms with van der Waals surface area (Å²) in [7, 11) is 0. The number of rotatable bonds is 7. The Hall–Kier alpha value is -1.55. The topological polar surface area (TPSA) is 49.4 Å². The fourth-order valence-electron chi connectivity index (χ4n) is 2.01. The van der Waals surface area contributed by atoms with Crippen molar-refractivity contribution in [3.8, 4) is 0 Å². The highest BCUT2D eigenvalue weighted by Crippen LogP contribution is 2.09. The summed E-state index contributed by atoms with van der Waals surface area (Å²) in [4.78, 5) is 25.0. The molecule has 1 unspecified atom stereocenters. The molecule has 0 aromatic heterocycles. The van der Waals surface area contributed by atoms with Gasteiger partial charge in [-0.25, -0.2) is 0 Å². The molecule has 21 heavy (non-hydrogen) atoms. The van der Waals surface area contributed by atoms with E-state index in [-0.39, 0.29) is 24.4 Å². The first-order chi connectivity index (χ1) is 9.93. The van der Waals surface area contributed by atoms with Crippen LogP contribution in [0.5, 0.6) is 0 Å². The van der Waals surface area contributed by atoms with E-state index in [1.165, 1.54) is 6.92 Å². The molecular weight excluding hydrogens is 288 g/mol. The van der Waals surface area contributed by atoms with E-state index < -0.39 is 0 Å². The Kier molecular flexibility index (Phi) is 7.23. The van der Waals surface area contributed by atoms with Crippen molar-refractivity contribution in [2.75, 3.05) is 13.1 Å². The molecule has 0 bridgehead atoms. The van der Waals surface area contributed by atoms with Crippen LogP contribution in [0.2, 0.25) is 5.02 Å². The van der Waals surface area contributed by atoms with Gasteiger partial charge in [0, 0.05) is 24.5 Å². The van der Waals surface area contributed by atoms with Gasteiger partial charge in [-0.2, -0.15) is 0 Å². The van der Waals surface area contributed by atoms with Crippen LogP contribution in [0, 0.1) is 0 Å². The molecule has 5 heteroatoms. The van der Waals surface area contributed by atoms with Crippen molar-refractivity contribution in [2.45, 2.75) is 39.7 Å². The van der Waals surface area contributed by atoms with E-state index in [2.05, 4.69) is 5.32 Å². The molecule has 1 N–H and O–H groups in total. The van der Waals surface area contributed by atoms with Crippen molar-refractivity contribution < 1.29 is 9.59 Å². The van der Waals surface area contributed by atoms with E-state index in [0.29, 0.717) is 11.6 Å². The van der Waals surface area contributed by atoms with Gasteiger partial charge < -0.3 is 10.2 Å². The van der Waals surface area contributed by atoms with Gasteiger partial charge in [0.1, 0.15) is 0 Å². The molecule has 0 aliphatic heterocycles. The van der Waals surface area contributed by atoms with Crippen molar-refractivity contribution >= 4 is 23.4 Å². The van der Waals surface area contributed by atoms with E-state index in [1.807, 2.05) is 38.1 Å². The Balaban J connectivity index is 2.39. The highest BCUT2D eigenvalue weighted by Gasteiger charge is 2.18. The van der Waals surface area contributed by atoms with Crippen LogP contribution in [0.1, 0.15) is 32.8 Å². The third kappa shape index (κ3) is 6.17. The van der Waals surface area contributed by atoms with Gasteiger partial charge in [0.05, 0.1) is 6.54 Å². The summed E-state index contributed by atoms with van der Waals surface area (Å²) in [6.45, 7) is 6.10. The average Bonchev–Trinajstić information content (AvgIpc) is 2.45. The minimum Gasteiger partial charge on any atom is -0.354 e. The highest BCUT2D eigenvalue weighted by molar-refractivity contribution is 6.30. The Bertz CT molecular complexity index is 474. The maximum Gasteiger partial charge on any atom is 0.239 e. The molecule has 4 nitrogen and oxygen atoms in total. The summed E-state index contributed by atoms with van der Waals surface area (Å²) >= 11 is 5.82. The first kappa shape index (κ1) is 17.5. The Labute approximate surface area is 131 Å². The van der Waals surface area contributed by atoms with Crippen molar-refractivity contribution in [1.29, 1.82) is 0 Å². The number of benzene rings is 1. The van der Waals surface area contributed by atoms with Crippen LogP contribution in [0.4, 0.5) is 0 Å². The molecule has 0 saturated carbocycles. The minimum absolute atomic E-state index is 0.0720. The standard InChI is InChI=1S/C16H23ClN2O2/c1-4-12(2)19(13(3)20)11-16(21)18-10-9-14-5-7-15(17)8-6-14/h5-8,12H,4,9-11H2,1-3H3,(H,18,21). The van der Waals surface area contributed by atoms with Gasteiger partial charge in [0.15, 0.2) is 0 Å². The molecule has 0 radical (unpaired) electrons. The maximum atomic E-state index is 11.9. The van der Waals surface area contributed by atoms with Crippen molar-refractivity contribution in [3.05, 3.63) is 34.9 Å². The highest BCUT2D eigenvalue weighted by atomic mass is 35.5. The fraction of sp³-hybridized carbons (Fsp3) is 0.500. The summed E-state index contributed by atoms with van der Waals surface area (Å²) in [5.74, 6) is -0.198. The maximum absolute atomic E-state index is 11.9. The molecule has 0 fully saturated rings. The number of hydrogen-bond donors (Lipinski definition) is 1. The summed E-state index contributed by atoms with van der Waals surface area (Å²) in [5.41, 5.74) is 1.12. The number of nitrogens with one attached hydrogen (secondary N) is 1. The first-order valence-corrected chi connectivity index (χ1v) is 7.60. The second kappa shape index (κ2) is 8.67. The zero-order valence-electron chi connectivity index (χ0n) is 12.9. The molecule has 1 atom stereocenters. The molecule has 1 rings (SSSR count). The lowest BCUT2D eigenvalue weighted by molar-refractivity contribution is -0.136. The van der Waals surface area contributed by atoms with Gasteiger partial charge in [-0.3, -0.25) is 9.59 Å². The lowest BCUT2D eigenvalue weighted by Crippen LogP contribution is -2.44. The van der Waals surface area contributed by atoms with Crippen molar-refractivity contribution in [1.82, 2.24) is 10.2 Å². The van der Waals surface area contributed by atoms with Crippen LogP contribution in [0.25, 0.3) is 0 Å². The number of nitrogens with zero attached hydrogens (tertiary/aromatic N) is 1. The first-order valence-electron chi connectivity index (χ1n) is 7.22. The van der Waals surface area contributed by atoms with E-state index in [4.69, 9.17) is 11.6 Å². The summed E-state index contributed by atoms with van der Waals surface area (Å²) < 4.78 is 0. The number of hydrogen-bond acceptors (Lipinski definition) is 2. The quantitative estimate of drug-likeness (QED) is 0.841. The third-order valence-corrected chi connectivity index (χ3v) is 3.74. The minimum atomic E-state index is -0.125. The second-order valence-electron chi connectivity index (χ2n) is 5.13. The summed E-state index contributed by atoms with van der Waals surface area (Å²) in [5, 5.41) is 3.55. The Morgan fingerprint density at radius 3 is 2.43 bits per heavy atom. The second-order valence-corrected chi connectivity index (χ2v) is 5.57. The smallest absolute Gasteiger partial charge is 0.239 e. The summed E-state index contributed by atoms with van der Waals surface area (Å²) in [6, 6.07) is 7.62. The number of halogens is 1. The molecule has 1 aromatic carbocycles. The number of amides is 2. The van der Waals surface area contributed by atoms with Gasteiger partial charge in [-0.05, 0) is 37.5 Å². The van der Waals surface area contributed by atoms with Crippen LogP contribution in [0.15, 0.2) is 24.3 Å². The van der Waals surface area contributed by atoms with Gasteiger partial charge >= 0.3 is 0 Å². The monoisotopic (exact) mass is 310 g/mol. The number of carbonyl (C=O) groups is 2. The predicted molar refractivity (Wildman–Crippen MR) is 85.3 cm³/mol. The molecular formula is C16H23ClN2O2. The zero-order chi connectivity index (χ0) is 15.8. The molecule has 0 saturated heterocycles. The van der Waals surface area contributed by atoms with E-state index in [9.17, 15) is 9.59 Å². The molecule has 0 spiro atoms. The molecule has 0 heterocycles. The van der Waals surface area contributed by atoms with Crippen LogP contribution < -0.4 is 5.32 Å². The molecule has 1 aromatic rings. The van der Waals surface area contributed by atoms with E-state index >= 15 is 0 Å². The Morgan fingerprint density at radius 2 is 1.90 bits per heavy atom. The lowest BCUT2D eigenvalue weighted by atomic mass is 10.1. The van der Waals surface area contributed by atoms with Crippen LogP contribution >= 0.6 is 11.6 Å². The Morgan fingerprint density at radius 1 is 1.29 bits per heavy atom. The molecule has 2 amide bonds. The normalized spacial score (nSPS) is 11.8. The van der Waals surface area contributed by atoms with Crippen LogP contribution in [-0.2, 0) is 16.0 Å². The third-order valence-electron chi connectivity index (χ3n) is 3.49. The van der Waals surface area contributed by atoms with Crippen molar-refractivity contribution in [3.63, 3.8) is 0 Å². The van der Waals surface area contributed by atoms with Gasteiger partial charge in [-0.1, -0.05) is 30.7 Å². The van der Waals surface area contributed by atoms with Crippen molar-refractivity contribution in [2.24, 2.45) is 0 Å². The molecule has 0 aliphatic carbocycles. The molecule has 0 aliphatic rings. The van der Waals surface area contributed by atoms with Gasteiger partial charge in [0.2, 0.25) is 11.8 Å². The zero-order valence-corrected chi connectivity index (χ0v) is 13.6. The summed E-state index contributed by atoms with van der Waals surface area (Å²) in [6.07, 6.45) is 1.57. The average molecular weight is 311 g/mol. The largest absolute Gasteiger partial charge is 0.354 e. The SMILES string of the molecule is CCC(C)N(CC(=O)NCCc1ccc(Cl)cc1)C(C)=O. The van der Waals surface area contributed by atoms with Gasteiger partial charge in [0.25, 0.3) is 0 Å². The molecule has 116 valence electrons. The predicted octanol–water partition coefficient (Wildman–Crippen LogP) is 2.65.